The predicted octanol–water partition coefficient (Wildman–Crippen LogP) is 2.39. The van der Waals surface area contributed by atoms with Crippen molar-refractivity contribution in [1.82, 2.24) is 4.98 Å². The van der Waals surface area contributed by atoms with Crippen LogP contribution in [0.3, 0.4) is 0 Å². The van der Waals surface area contributed by atoms with E-state index in [9.17, 15) is 4.39 Å². The normalized spacial score (nSPS) is 10.5. The van der Waals surface area contributed by atoms with Crippen LogP contribution in [0, 0.1) is 5.82 Å². The lowest BCUT2D eigenvalue weighted by Gasteiger charge is -2.10. The molecule has 2 aromatic rings. The first-order valence-electron chi connectivity index (χ1n) is 4.80. The Bertz CT molecular complexity index is 496. The summed E-state index contributed by atoms with van der Waals surface area (Å²) in [7, 11) is 0. The second-order valence-corrected chi connectivity index (χ2v) is 3.25. The molecule has 0 radical (unpaired) electrons. The van der Waals surface area contributed by atoms with Gasteiger partial charge >= 0.3 is 0 Å². The Labute approximate surface area is 87.1 Å². The third-order valence-corrected chi connectivity index (χ3v) is 2.23. The number of hydrogen-bond donors (Lipinski definition) is 2. The Morgan fingerprint density at radius 1 is 1.53 bits per heavy atom. The number of halogens is 1. The van der Waals surface area contributed by atoms with E-state index in [0.29, 0.717) is 23.4 Å². The van der Waals surface area contributed by atoms with Crippen molar-refractivity contribution in [1.29, 1.82) is 0 Å². The number of nitrogen functional groups attached to an aromatic ring is 1. The summed E-state index contributed by atoms with van der Waals surface area (Å²) < 4.78 is 13.6. The highest BCUT2D eigenvalue weighted by Crippen LogP contribution is 2.29. The third-order valence-electron chi connectivity index (χ3n) is 2.23. The Hall–Kier alpha value is -1.84. The Kier molecular flexibility index (Phi) is 2.41. The van der Waals surface area contributed by atoms with Gasteiger partial charge in [0.15, 0.2) is 5.82 Å². The maximum atomic E-state index is 13.6. The van der Waals surface area contributed by atoms with Crippen LogP contribution in [0.1, 0.15) is 6.92 Å². The standard InChI is InChI=1S/C11H12FN3/c1-2-14-11-8(12)6-9(13)7-4-3-5-15-10(7)11/h3-6,14H,2,13H2,1H3. The van der Waals surface area contributed by atoms with E-state index in [0.717, 1.165) is 5.39 Å². The number of rotatable bonds is 2. The van der Waals surface area contributed by atoms with Crippen LogP contribution in [0.5, 0.6) is 0 Å². The maximum Gasteiger partial charge on any atom is 0.150 e. The van der Waals surface area contributed by atoms with Gasteiger partial charge in [-0.1, -0.05) is 0 Å². The van der Waals surface area contributed by atoms with Crippen molar-refractivity contribution in [3.05, 3.63) is 30.2 Å². The summed E-state index contributed by atoms with van der Waals surface area (Å²) in [4.78, 5) is 4.14. The van der Waals surface area contributed by atoms with E-state index < -0.39 is 0 Å². The van der Waals surface area contributed by atoms with Gasteiger partial charge in [0.25, 0.3) is 0 Å². The fourth-order valence-corrected chi connectivity index (χ4v) is 1.58. The minimum Gasteiger partial charge on any atom is -0.398 e. The van der Waals surface area contributed by atoms with Crippen molar-refractivity contribution >= 4 is 22.3 Å². The molecule has 2 rings (SSSR count). The minimum atomic E-state index is -0.361. The van der Waals surface area contributed by atoms with Crippen LogP contribution in [-0.4, -0.2) is 11.5 Å². The molecule has 0 atom stereocenters. The van der Waals surface area contributed by atoms with Crippen LogP contribution in [0.4, 0.5) is 15.8 Å². The lowest BCUT2D eigenvalue weighted by molar-refractivity contribution is 0.632. The molecule has 78 valence electrons. The molecule has 0 bridgehead atoms. The first-order valence-corrected chi connectivity index (χ1v) is 4.80. The molecule has 1 heterocycles. The van der Waals surface area contributed by atoms with E-state index in [1.807, 2.05) is 13.0 Å². The van der Waals surface area contributed by atoms with Gasteiger partial charge in [0, 0.05) is 23.8 Å². The Morgan fingerprint density at radius 3 is 3.07 bits per heavy atom. The number of hydrogen-bond acceptors (Lipinski definition) is 3. The van der Waals surface area contributed by atoms with Gasteiger partial charge in [0.05, 0.1) is 11.2 Å². The predicted molar refractivity (Wildman–Crippen MR) is 60.3 cm³/mol. The van der Waals surface area contributed by atoms with E-state index >= 15 is 0 Å². The van der Waals surface area contributed by atoms with Crippen LogP contribution in [0.15, 0.2) is 24.4 Å². The van der Waals surface area contributed by atoms with E-state index in [-0.39, 0.29) is 5.82 Å². The van der Waals surface area contributed by atoms with Crippen molar-refractivity contribution in [2.75, 3.05) is 17.6 Å². The van der Waals surface area contributed by atoms with Crippen LogP contribution < -0.4 is 11.1 Å². The SMILES string of the molecule is CCNc1c(F)cc(N)c2cccnc12. The van der Waals surface area contributed by atoms with Gasteiger partial charge in [-0.05, 0) is 25.1 Å². The highest BCUT2D eigenvalue weighted by atomic mass is 19.1. The molecule has 0 saturated heterocycles. The summed E-state index contributed by atoms with van der Waals surface area (Å²) in [6.07, 6.45) is 1.63. The van der Waals surface area contributed by atoms with E-state index in [1.54, 1.807) is 12.3 Å². The molecule has 3 N–H and O–H groups in total. The highest BCUT2D eigenvalue weighted by molar-refractivity contribution is 5.98. The number of benzene rings is 1. The molecule has 0 saturated carbocycles. The molecule has 0 aliphatic carbocycles. The smallest absolute Gasteiger partial charge is 0.150 e. The molecule has 3 nitrogen and oxygen atoms in total. The first kappa shape index (κ1) is 9.71. The fourth-order valence-electron chi connectivity index (χ4n) is 1.58. The lowest BCUT2D eigenvalue weighted by atomic mass is 10.1. The van der Waals surface area contributed by atoms with Crippen LogP contribution in [-0.2, 0) is 0 Å². The maximum absolute atomic E-state index is 13.6. The molecule has 0 aliphatic heterocycles. The van der Waals surface area contributed by atoms with Gasteiger partial charge in [-0.3, -0.25) is 4.98 Å². The van der Waals surface area contributed by atoms with E-state index in [2.05, 4.69) is 10.3 Å². The van der Waals surface area contributed by atoms with Gasteiger partial charge in [-0.15, -0.1) is 0 Å². The number of nitrogens with zero attached hydrogens (tertiary/aromatic N) is 1. The van der Waals surface area contributed by atoms with Gasteiger partial charge in [0.2, 0.25) is 0 Å². The van der Waals surface area contributed by atoms with Gasteiger partial charge < -0.3 is 11.1 Å². The average molecular weight is 205 g/mol. The van der Waals surface area contributed by atoms with Gasteiger partial charge in [-0.2, -0.15) is 0 Å². The monoisotopic (exact) mass is 205 g/mol. The molecule has 0 spiro atoms. The number of aromatic nitrogens is 1. The van der Waals surface area contributed by atoms with Crippen molar-refractivity contribution in [2.45, 2.75) is 6.92 Å². The van der Waals surface area contributed by atoms with Crippen LogP contribution in [0.2, 0.25) is 0 Å². The molecule has 4 heteroatoms. The molecular weight excluding hydrogens is 193 g/mol. The quantitative estimate of drug-likeness (QED) is 0.740. The van der Waals surface area contributed by atoms with Crippen LogP contribution >= 0.6 is 0 Å². The summed E-state index contributed by atoms with van der Waals surface area (Å²) in [5.41, 5.74) is 7.13. The van der Waals surface area contributed by atoms with Crippen molar-refractivity contribution in [3.63, 3.8) is 0 Å². The van der Waals surface area contributed by atoms with Crippen molar-refractivity contribution < 1.29 is 4.39 Å². The summed E-state index contributed by atoms with van der Waals surface area (Å²) >= 11 is 0. The topological polar surface area (TPSA) is 50.9 Å². The molecule has 0 amide bonds. The molecule has 1 aromatic carbocycles. The largest absolute Gasteiger partial charge is 0.398 e. The molecule has 0 fully saturated rings. The summed E-state index contributed by atoms with van der Waals surface area (Å²) in [6, 6.07) is 4.94. The zero-order valence-corrected chi connectivity index (χ0v) is 8.42. The third kappa shape index (κ3) is 1.58. The number of nitrogens with one attached hydrogen (secondary N) is 1. The fraction of sp³-hybridized carbons (Fsp3) is 0.182. The zero-order chi connectivity index (χ0) is 10.8. The summed E-state index contributed by atoms with van der Waals surface area (Å²) in [5.74, 6) is -0.361. The van der Waals surface area contributed by atoms with E-state index in [4.69, 9.17) is 5.73 Å². The Morgan fingerprint density at radius 2 is 2.33 bits per heavy atom. The second-order valence-electron chi connectivity index (χ2n) is 3.25. The number of fused-ring (bicyclic) bond motifs is 1. The number of anilines is 2. The average Bonchev–Trinajstić information content (AvgIpc) is 2.24. The minimum absolute atomic E-state index is 0.361. The van der Waals surface area contributed by atoms with Gasteiger partial charge in [-0.25, -0.2) is 4.39 Å². The molecule has 0 unspecified atom stereocenters. The molecule has 1 aromatic heterocycles. The highest BCUT2D eigenvalue weighted by Gasteiger charge is 2.10. The van der Waals surface area contributed by atoms with Crippen LogP contribution in [0.25, 0.3) is 10.9 Å². The van der Waals surface area contributed by atoms with Crippen molar-refractivity contribution in [2.24, 2.45) is 0 Å². The molecular formula is C11H12FN3. The van der Waals surface area contributed by atoms with E-state index in [1.165, 1.54) is 6.07 Å². The zero-order valence-electron chi connectivity index (χ0n) is 8.42. The summed E-state index contributed by atoms with van der Waals surface area (Å²) in [5, 5.41) is 3.73. The van der Waals surface area contributed by atoms with Gasteiger partial charge in [0.1, 0.15) is 0 Å². The second kappa shape index (κ2) is 3.73. The number of pyridine rings is 1. The molecule has 0 aliphatic rings. The summed E-state index contributed by atoms with van der Waals surface area (Å²) in [6.45, 7) is 2.55. The number of nitrogens with two attached hydrogens (primary N) is 1. The first-order chi connectivity index (χ1) is 7.24. The van der Waals surface area contributed by atoms with Crippen molar-refractivity contribution in [3.8, 4) is 0 Å². The Balaban J connectivity index is 2.77. The lowest BCUT2D eigenvalue weighted by Crippen LogP contribution is -2.02. The molecule has 15 heavy (non-hydrogen) atoms.